The Hall–Kier alpha value is -1.01. The molecule has 0 amide bonds. The molecule has 0 aromatic heterocycles. The third-order valence-electron chi connectivity index (χ3n) is 4.23. The van der Waals surface area contributed by atoms with E-state index < -0.39 is 0 Å². The van der Waals surface area contributed by atoms with Crippen molar-refractivity contribution in [3.05, 3.63) is 35.1 Å². The number of hydrogen-bond donors (Lipinski definition) is 2. The van der Waals surface area contributed by atoms with Gasteiger partial charge in [0.15, 0.2) is 0 Å². The Labute approximate surface area is 120 Å². The molecule has 5 heteroatoms. The fourth-order valence-electron chi connectivity index (χ4n) is 2.82. The number of morpholine rings is 1. The summed E-state index contributed by atoms with van der Waals surface area (Å²) in [5, 5.41) is 0. The van der Waals surface area contributed by atoms with Gasteiger partial charge in [-0.05, 0) is 38.0 Å². The van der Waals surface area contributed by atoms with Gasteiger partial charge in [0, 0.05) is 18.6 Å². The van der Waals surface area contributed by atoms with Crippen molar-refractivity contribution in [3.8, 4) is 0 Å². The molecule has 20 heavy (non-hydrogen) atoms. The van der Waals surface area contributed by atoms with E-state index >= 15 is 0 Å². The molecule has 1 aromatic carbocycles. The second kappa shape index (κ2) is 6.18. The van der Waals surface area contributed by atoms with E-state index in [1.165, 1.54) is 0 Å². The SMILES string of the molecule is Cc1ccc(C(NN)C(C)(C)N2CCOCC2)cc1F. The lowest BCUT2D eigenvalue weighted by Crippen LogP contribution is -2.57. The van der Waals surface area contributed by atoms with Crippen LogP contribution in [0.1, 0.15) is 31.0 Å². The molecule has 1 aliphatic heterocycles. The summed E-state index contributed by atoms with van der Waals surface area (Å²) in [7, 11) is 0. The summed E-state index contributed by atoms with van der Waals surface area (Å²) in [5.41, 5.74) is 4.15. The lowest BCUT2D eigenvalue weighted by molar-refractivity contribution is -0.0238. The quantitative estimate of drug-likeness (QED) is 0.652. The van der Waals surface area contributed by atoms with Crippen LogP contribution in [0.5, 0.6) is 0 Å². The average molecular weight is 281 g/mol. The van der Waals surface area contributed by atoms with Crippen molar-refractivity contribution < 1.29 is 9.13 Å². The molecule has 0 aliphatic carbocycles. The van der Waals surface area contributed by atoms with Crippen molar-refractivity contribution in [1.29, 1.82) is 0 Å². The molecule has 1 aromatic rings. The number of aryl methyl sites for hydroxylation is 1. The van der Waals surface area contributed by atoms with E-state index in [9.17, 15) is 4.39 Å². The smallest absolute Gasteiger partial charge is 0.126 e. The molecule has 1 atom stereocenters. The van der Waals surface area contributed by atoms with Crippen molar-refractivity contribution in [2.75, 3.05) is 26.3 Å². The highest BCUT2D eigenvalue weighted by atomic mass is 19.1. The van der Waals surface area contributed by atoms with Gasteiger partial charge in [-0.25, -0.2) is 4.39 Å². The first-order chi connectivity index (χ1) is 9.46. The highest BCUT2D eigenvalue weighted by Gasteiger charge is 2.36. The van der Waals surface area contributed by atoms with Gasteiger partial charge < -0.3 is 4.74 Å². The second-order valence-corrected chi connectivity index (χ2v) is 5.86. The Bertz CT molecular complexity index is 458. The highest BCUT2D eigenvalue weighted by molar-refractivity contribution is 5.28. The second-order valence-electron chi connectivity index (χ2n) is 5.86. The number of ether oxygens (including phenoxy) is 1. The monoisotopic (exact) mass is 281 g/mol. The zero-order chi connectivity index (χ0) is 14.8. The molecule has 1 saturated heterocycles. The number of halogens is 1. The van der Waals surface area contributed by atoms with Crippen LogP contribution < -0.4 is 11.3 Å². The third-order valence-corrected chi connectivity index (χ3v) is 4.23. The Balaban J connectivity index is 2.27. The maximum absolute atomic E-state index is 13.8. The zero-order valence-electron chi connectivity index (χ0n) is 12.4. The Kier molecular flexibility index (Phi) is 4.75. The molecular formula is C15H24FN3O. The predicted molar refractivity (Wildman–Crippen MR) is 77.7 cm³/mol. The molecular weight excluding hydrogens is 257 g/mol. The van der Waals surface area contributed by atoms with E-state index in [0.717, 1.165) is 31.9 Å². The lowest BCUT2D eigenvalue weighted by atomic mass is 9.86. The van der Waals surface area contributed by atoms with Crippen LogP contribution >= 0.6 is 0 Å². The average Bonchev–Trinajstić information content (AvgIpc) is 2.44. The molecule has 1 unspecified atom stereocenters. The summed E-state index contributed by atoms with van der Waals surface area (Å²) in [4.78, 5) is 2.33. The summed E-state index contributed by atoms with van der Waals surface area (Å²) in [6, 6.07) is 5.16. The Morgan fingerprint density at radius 3 is 2.55 bits per heavy atom. The fourth-order valence-corrected chi connectivity index (χ4v) is 2.82. The van der Waals surface area contributed by atoms with Gasteiger partial charge in [0.25, 0.3) is 0 Å². The van der Waals surface area contributed by atoms with E-state index in [4.69, 9.17) is 10.6 Å². The topological polar surface area (TPSA) is 50.5 Å². The summed E-state index contributed by atoms with van der Waals surface area (Å²) in [5.74, 6) is 5.56. The lowest BCUT2D eigenvalue weighted by Gasteiger charge is -2.45. The van der Waals surface area contributed by atoms with Crippen molar-refractivity contribution in [3.63, 3.8) is 0 Å². The minimum Gasteiger partial charge on any atom is -0.379 e. The summed E-state index contributed by atoms with van der Waals surface area (Å²) < 4.78 is 19.2. The molecule has 0 bridgehead atoms. The number of nitrogens with zero attached hydrogens (tertiary/aromatic N) is 1. The third kappa shape index (κ3) is 3.01. The zero-order valence-corrected chi connectivity index (χ0v) is 12.4. The molecule has 0 spiro atoms. The van der Waals surface area contributed by atoms with Crippen molar-refractivity contribution in [2.45, 2.75) is 32.4 Å². The molecule has 1 aliphatic rings. The van der Waals surface area contributed by atoms with E-state index in [1.807, 2.05) is 6.07 Å². The van der Waals surface area contributed by atoms with Crippen LogP contribution in [-0.4, -0.2) is 36.7 Å². The normalized spacial score (nSPS) is 19.1. The minimum atomic E-state index is -0.222. The number of nitrogens with one attached hydrogen (secondary N) is 1. The van der Waals surface area contributed by atoms with Gasteiger partial charge in [0.1, 0.15) is 5.82 Å². The molecule has 0 radical (unpaired) electrons. The van der Waals surface area contributed by atoms with Crippen molar-refractivity contribution in [2.24, 2.45) is 5.84 Å². The largest absolute Gasteiger partial charge is 0.379 e. The van der Waals surface area contributed by atoms with Gasteiger partial charge in [-0.15, -0.1) is 0 Å². The van der Waals surface area contributed by atoms with Gasteiger partial charge >= 0.3 is 0 Å². The summed E-state index contributed by atoms with van der Waals surface area (Å²) in [6.07, 6.45) is 0. The number of benzene rings is 1. The first kappa shape index (κ1) is 15.4. The highest BCUT2D eigenvalue weighted by Crippen LogP contribution is 2.31. The van der Waals surface area contributed by atoms with Gasteiger partial charge in [-0.3, -0.25) is 16.2 Å². The van der Waals surface area contributed by atoms with Crippen LogP contribution in [0.2, 0.25) is 0 Å². The van der Waals surface area contributed by atoms with E-state index in [1.54, 1.807) is 19.1 Å². The maximum Gasteiger partial charge on any atom is 0.126 e. The summed E-state index contributed by atoms with van der Waals surface area (Å²) in [6.45, 7) is 9.18. The molecule has 1 heterocycles. The Morgan fingerprint density at radius 1 is 1.35 bits per heavy atom. The van der Waals surface area contributed by atoms with E-state index in [2.05, 4.69) is 24.2 Å². The standard InChI is InChI=1S/C15H24FN3O/c1-11-4-5-12(10-13(11)16)14(18-17)15(2,3)19-6-8-20-9-7-19/h4-5,10,14,18H,6-9,17H2,1-3H3. The van der Waals surface area contributed by atoms with Crippen LogP contribution in [0.3, 0.4) is 0 Å². The van der Waals surface area contributed by atoms with E-state index in [0.29, 0.717) is 5.56 Å². The van der Waals surface area contributed by atoms with Crippen LogP contribution in [0, 0.1) is 12.7 Å². The molecule has 3 N–H and O–H groups in total. The first-order valence-electron chi connectivity index (χ1n) is 7.02. The van der Waals surface area contributed by atoms with Gasteiger partial charge in [0.05, 0.1) is 19.3 Å². The van der Waals surface area contributed by atoms with Crippen LogP contribution in [-0.2, 0) is 4.74 Å². The minimum absolute atomic E-state index is 0.143. The van der Waals surface area contributed by atoms with E-state index in [-0.39, 0.29) is 17.4 Å². The molecule has 0 saturated carbocycles. The van der Waals surface area contributed by atoms with Gasteiger partial charge in [-0.2, -0.15) is 0 Å². The van der Waals surface area contributed by atoms with Crippen LogP contribution in [0.15, 0.2) is 18.2 Å². The van der Waals surface area contributed by atoms with Crippen molar-refractivity contribution >= 4 is 0 Å². The number of hydrogen-bond acceptors (Lipinski definition) is 4. The first-order valence-corrected chi connectivity index (χ1v) is 7.02. The number of nitrogens with two attached hydrogens (primary N) is 1. The number of hydrazine groups is 1. The van der Waals surface area contributed by atoms with Gasteiger partial charge in [-0.1, -0.05) is 12.1 Å². The Morgan fingerprint density at radius 2 is 2.00 bits per heavy atom. The molecule has 112 valence electrons. The maximum atomic E-state index is 13.8. The van der Waals surface area contributed by atoms with Crippen LogP contribution in [0.4, 0.5) is 4.39 Å². The fraction of sp³-hybridized carbons (Fsp3) is 0.600. The van der Waals surface area contributed by atoms with Gasteiger partial charge in [0.2, 0.25) is 0 Å². The van der Waals surface area contributed by atoms with Crippen LogP contribution in [0.25, 0.3) is 0 Å². The molecule has 4 nitrogen and oxygen atoms in total. The molecule has 2 rings (SSSR count). The molecule has 1 fully saturated rings. The predicted octanol–water partition coefficient (Wildman–Crippen LogP) is 1.75. The summed E-state index contributed by atoms with van der Waals surface area (Å²) >= 11 is 0. The number of rotatable bonds is 4. The van der Waals surface area contributed by atoms with Crippen molar-refractivity contribution in [1.82, 2.24) is 10.3 Å².